The maximum atomic E-state index is 9.38. The number of fused-ring (bicyclic) bond motifs is 9. The fourth-order valence-electron chi connectivity index (χ4n) is 9.66. The SMILES string of the molecule is Brc1cncc(Br)c1.OB(O)c1cccc(-c2cccc3c2sc2ccccc23)c1.c1cc(-c2cncc(-c3cccc(-c4cccc5c4sc4ccccc45)c3)c2)cc(-c2cccc3c2sc2ccccc23)c1. The second kappa shape index (κ2) is 21.0. The molecule has 0 spiro atoms. The standard InChI is InChI=1S/C41H25NS2.C18H13BO2S.C5H3Br2N/c1-3-19-38-34(13-1)36-17-7-15-32(40(36)43-38)28-11-5-9-26(21-28)30-23-31(25-42-24-30)27-10-6-12-29(22-27)33-16-8-18-37-35-14-2-4-20-39(35)44-41(33)37;20-19(21)13-6-3-5-12(11-13)14-8-4-9-16-15-7-1-2-10-17(15)22-18(14)16;6-4-1-5(7)3-8-2-4/h1-25H;1-11,20-21H;1-3H. The summed E-state index contributed by atoms with van der Waals surface area (Å²) in [5.74, 6) is 0. The van der Waals surface area contributed by atoms with E-state index in [-0.39, 0.29) is 0 Å². The van der Waals surface area contributed by atoms with E-state index < -0.39 is 7.12 Å². The van der Waals surface area contributed by atoms with Gasteiger partial charge in [-0.2, -0.15) is 0 Å². The monoisotopic (exact) mass is 1130 g/mol. The Labute approximate surface area is 457 Å². The van der Waals surface area contributed by atoms with Crippen LogP contribution in [0.1, 0.15) is 0 Å². The molecule has 0 bridgehead atoms. The van der Waals surface area contributed by atoms with Gasteiger partial charge < -0.3 is 10.0 Å². The van der Waals surface area contributed by atoms with Gasteiger partial charge >= 0.3 is 7.12 Å². The van der Waals surface area contributed by atoms with Crippen LogP contribution in [0.5, 0.6) is 0 Å². The van der Waals surface area contributed by atoms with Crippen LogP contribution in [0, 0.1) is 0 Å². The van der Waals surface area contributed by atoms with Crippen LogP contribution in [-0.4, -0.2) is 27.1 Å². The lowest BCUT2D eigenvalue weighted by Gasteiger charge is -2.10. The third-order valence-electron chi connectivity index (χ3n) is 13.1. The van der Waals surface area contributed by atoms with Crippen LogP contribution in [0.15, 0.2) is 246 Å². The predicted molar refractivity (Wildman–Crippen MR) is 326 cm³/mol. The normalized spacial score (nSPS) is 11.2. The molecule has 0 saturated heterocycles. The Balaban J connectivity index is 0.000000153. The van der Waals surface area contributed by atoms with Crippen LogP contribution in [0.25, 0.3) is 116 Å². The fourth-order valence-corrected chi connectivity index (χ4v) is 14.4. The molecule has 4 nitrogen and oxygen atoms in total. The number of aromatic nitrogens is 2. The summed E-state index contributed by atoms with van der Waals surface area (Å²) in [6.45, 7) is 0. The van der Waals surface area contributed by atoms with Gasteiger partial charge in [0.2, 0.25) is 0 Å². The van der Waals surface area contributed by atoms with E-state index in [2.05, 4.69) is 219 Å². The molecular weight excluding hydrogens is 1100 g/mol. The van der Waals surface area contributed by atoms with Gasteiger partial charge in [0.15, 0.2) is 0 Å². The molecule has 0 aliphatic carbocycles. The van der Waals surface area contributed by atoms with Crippen LogP contribution in [-0.2, 0) is 0 Å². The van der Waals surface area contributed by atoms with Crippen molar-refractivity contribution >= 4 is 139 Å². The molecule has 0 aliphatic rings. The van der Waals surface area contributed by atoms with E-state index in [0.29, 0.717) is 5.46 Å². The van der Waals surface area contributed by atoms with Crippen molar-refractivity contribution in [2.24, 2.45) is 0 Å². The Morgan fingerprint density at radius 3 is 1.05 bits per heavy atom. The van der Waals surface area contributed by atoms with Gasteiger partial charge in [0.1, 0.15) is 0 Å². The van der Waals surface area contributed by atoms with Gasteiger partial charge in [0, 0.05) is 105 Å². The highest BCUT2D eigenvalue weighted by molar-refractivity contribution is 9.11. The third kappa shape index (κ3) is 9.62. The molecule has 2 N–H and O–H groups in total. The van der Waals surface area contributed by atoms with E-state index in [9.17, 15) is 10.0 Å². The highest BCUT2D eigenvalue weighted by atomic mass is 79.9. The molecule has 14 aromatic rings. The summed E-state index contributed by atoms with van der Waals surface area (Å²) in [6, 6.07) is 74.8. The molecule has 0 unspecified atom stereocenters. The van der Waals surface area contributed by atoms with Crippen molar-refractivity contribution in [1.29, 1.82) is 0 Å². The predicted octanol–water partition coefficient (Wildman–Crippen LogP) is 18.5. The summed E-state index contributed by atoms with van der Waals surface area (Å²) in [5.41, 5.74) is 12.2. The fraction of sp³-hybridized carbons (Fsp3) is 0. The summed E-state index contributed by atoms with van der Waals surface area (Å²) < 4.78 is 9.81. The molecular formula is C64H41BBr2N2O2S3. The second-order valence-electron chi connectivity index (χ2n) is 17.8. The first-order chi connectivity index (χ1) is 36.3. The molecule has 10 heteroatoms. The van der Waals surface area contributed by atoms with E-state index in [1.54, 1.807) is 29.8 Å². The highest BCUT2D eigenvalue weighted by Crippen LogP contribution is 2.43. The average molecular weight is 1140 g/mol. The van der Waals surface area contributed by atoms with E-state index >= 15 is 0 Å². The summed E-state index contributed by atoms with van der Waals surface area (Å²) >= 11 is 12.1. The first-order valence-corrected chi connectivity index (χ1v) is 28.0. The van der Waals surface area contributed by atoms with Gasteiger partial charge in [-0.15, -0.1) is 34.0 Å². The Hall–Kier alpha value is -7.12. The minimum absolute atomic E-state index is 0.510. The van der Waals surface area contributed by atoms with E-state index in [4.69, 9.17) is 4.98 Å². The van der Waals surface area contributed by atoms with Crippen molar-refractivity contribution in [3.05, 3.63) is 246 Å². The van der Waals surface area contributed by atoms with Crippen molar-refractivity contribution in [1.82, 2.24) is 9.97 Å². The van der Waals surface area contributed by atoms with Gasteiger partial charge in [0.25, 0.3) is 0 Å². The molecule has 0 amide bonds. The Kier molecular flexibility index (Phi) is 13.6. The van der Waals surface area contributed by atoms with Gasteiger partial charge in [-0.1, -0.05) is 170 Å². The zero-order chi connectivity index (χ0) is 50.1. The van der Waals surface area contributed by atoms with Gasteiger partial charge in [-0.25, -0.2) is 0 Å². The lowest BCUT2D eigenvalue weighted by molar-refractivity contribution is 0.426. The zero-order valence-electron chi connectivity index (χ0n) is 39.4. The highest BCUT2D eigenvalue weighted by Gasteiger charge is 2.16. The molecule has 0 aliphatic heterocycles. The number of nitrogens with zero attached hydrogens (tertiary/aromatic N) is 2. The first kappa shape index (κ1) is 47.9. The summed E-state index contributed by atoms with van der Waals surface area (Å²) in [6.07, 6.45) is 7.43. The number of rotatable bonds is 6. The van der Waals surface area contributed by atoms with E-state index in [0.717, 1.165) is 31.2 Å². The molecule has 0 saturated carbocycles. The molecule has 14 rings (SSSR count). The number of thiophene rings is 3. The molecule has 5 aromatic heterocycles. The zero-order valence-corrected chi connectivity index (χ0v) is 45.0. The number of hydrogen-bond acceptors (Lipinski definition) is 7. The Morgan fingerprint density at radius 2 is 0.649 bits per heavy atom. The van der Waals surface area contributed by atoms with Crippen LogP contribution in [0.3, 0.4) is 0 Å². The minimum atomic E-state index is -1.44. The molecule has 9 aromatic carbocycles. The maximum Gasteiger partial charge on any atom is 0.488 e. The van der Waals surface area contributed by atoms with E-state index in [1.165, 1.54) is 93.9 Å². The van der Waals surface area contributed by atoms with Crippen LogP contribution in [0.4, 0.5) is 0 Å². The summed E-state index contributed by atoms with van der Waals surface area (Å²) in [4.78, 5) is 8.59. The minimum Gasteiger partial charge on any atom is -0.423 e. The molecule has 0 radical (unpaired) electrons. The average Bonchev–Trinajstić information content (AvgIpc) is 4.15. The van der Waals surface area contributed by atoms with Crippen molar-refractivity contribution in [3.8, 4) is 55.6 Å². The smallest absolute Gasteiger partial charge is 0.423 e. The van der Waals surface area contributed by atoms with Crippen LogP contribution >= 0.6 is 65.9 Å². The molecule has 0 atom stereocenters. The lowest BCUT2D eigenvalue weighted by atomic mass is 9.79. The number of benzene rings is 9. The number of halogens is 2. The number of pyridine rings is 2. The summed E-state index contributed by atoms with van der Waals surface area (Å²) in [5, 5.41) is 26.6. The van der Waals surface area contributed by atoms with Crippen LogP contribution < -0.4 is 5.46 Å². The topological polar surface area (TPSA) is 66.2 Å². The summed E-state index contributed by atoms with van der Waals surface area (Å²) in [7, 11) is -1.44. The van der Waals surface area contributed by atoms with Crippen LogP contribution in [0.2, 0.25) is 0 Å². The molecule has 354 valence electrons. The van der Waals surface area contributed by atoms with Crippen molar-refractivity contribution in [2.75, 3.05) is 0 Å². The van der Waals surface area contributed by atoms with Gasteiger partial charge in [0.05, 0.1) is 0 Å². The van der Waals surface area contributed by atoms with Crippen molar-refractivity contribution in [2.45, 2.75) is 0 Å². The van der Waals surface area contributed by atoms with E-state index in [1.807, 2.05) is 59.3 Å². The molecule has 5 heterocycles. The van der Waals surface area contributed by atoms with Crippen molar-refractivity contribution in [3.63, 3.8) is 0 Å². The molecule has 74 heavy (non-hydrogen) atoms. The number of hydrogen-bond donors (Lipinski definition) is 2. The lowest BCUT2D eigenvalue weighted by Crippen LogP contribution is -2.29. The second-order valence-corrected chi connectivity index (χ2v) is 22.8. The largest absolute Gasteiger partial charge is 0.488 e. The quantitative estimate of drug-likeness (QED) is 0.163. The first-order valence-electron chi connectivity index (χ1n) is 23.9. The molecule has 0 fully saturated rings. The maximum absolute atomic E-state index is 9.38. The Bertz CT molecular complexity index is 4190. The van der Waals surface area contributed by atoms with Crippen molar-refractivity contribution < 1.29 is 10.0 Å². The van der Waals surface area contributed by atoms with Gasteiger partial charge in [-0.05, 0) is 124 Å². The third-order valence-corrected chi connectivity index (χ3v) is 17.7. The Morgan fingerprint density at radius 1 is 0.311 bits per heavy atom. The van der Waals surface area contributed by atoms with Gasteiger partial charge in [-0.3, -0.25) is 9.97 Å².